The van der Waals surface area contributed by atoms with Crippen molar-refractivity contribution in [1.29, 1.82) is 0 Å². The van der Waals surface area contributed by atoms with Gasteiger partial charge in [0.05, 0.1) is 14.2 Å². The van der Waals surface area contributed by atoms with Gasteiger partial charge in [0, 0.05) is 4.47 Å². The van der Waals surface area contributed by atoms with Gasteiger partial charge in [-0.15, -0.1) is 0 Å². The third-order valence-corrected chi connectivity index (χ3v) is 4.00. The van der Waals surface area contributed by atoms with Gasteiger partial charge in [-0.3, -0.25) is 0 Å². The van der Waals surface area contributed by atoms with Gasteiger partial charge in [0.2, 0.25) is 0 Å². The molecule has 0 saturated carbocycles. The molecule has 3 heteroatoms. The summed E-state index contributed by atoms with van der Waals surface area (Å²) >= 11 is 3.38. The Kier molecular flexibility index (Phi) is 4.96. The Labute approximate surface area is 107 Å². The van der Waals surface area contributed by atoms with E-state index in [9.17, 15) is 5.11 Å². The molecule has 1 aromatic carbocycles. The van der Waals surface area contributed by atoms with Crippen LogP contribution in [0, 0.1) is 0 Å². The molecule has 0 aromatic heterocycles. The zero-order valence-corrected chi connectivity index (χ0v) is 12.7. The minimum Gasteiger partial charge on any atom is -0.388 e. The summed E-state index contributed by atoms with van der Waals surface area (Å²) in [5.74, 6) is 0. The lowest BCUT2D eigenvalue weighted by molar-refractivity contribution is 0.181. The van der Waals surface area contributed by atoms with E-state index in [1.165, 1.54) is 0 Å². The first kappa shape index (κ1) is 13.7. The highest BCUT2D eigenvalue weighted by Gasteiger charge is 2.08. The number of aliphatic hydroxyl groups excluding tert-OH is 1. The Bertz CT molecular complexity index is 351. The summed E-state index contributed by atoms with van der Waals surface area (Å²) in [6, 6.07) is 7.83. The predicted molar refractivity (Wildman–Crippen MR) is 76.2 cm³/mol. The molecule has 16 heavy (non-hydrogen) atoms. The fraction of sp³-hybridized carbons (Fsp3) is 0.385. The molecule has 1 unspecified atom stereocenters. The molecular formula is C13H19BrOSi. The zero-order valence-electron chi connectivity index (χ0n) is 10.1. The molecule has 0 amide bonds. The second-order valence-corrected chi connectivity index (χ2v) is 11.1. The first-order valence-corrected chi connectivity index (χ1v) is 9.87. The quantitative estimate of drug-likeness (QED) is 0.822. The molecule has 1 N–H and O–H groups in total. The van der Waals surface area contributed by atoms with Gasteiger partial charge in [-0.25, -0.2) is 0 Å². The average Bonchev–Trinajstić information content (AvgIpc) is 2.16. The molecule has 0 bridgehead atoms. The molecule has 1 rings (SSSR count). The van der Waals surface area contributed by atoms with Crippen LogP contribution in [-0.2, 0) is 0 Å². The van der Waals surface area contributed by atoms with Crippen molar-refractivity contribution < 1.29 is 5.11 Å². The van der Waals surface area contributed by atoms with Crippen molar-refractivity contribution in [2.24, 2.45) is 0 Å². The van der Waals surface area contributed by atoms with E-state index in [0.717, 1.165) is 10.0 Å². The van der Waals surface area contributed by atoms with Gasteiger partial charge >= 0.3 is 0 Å². The fourth-order valence-electron chi connectivity index (χ4n) is 1.37. The molecule has 0 heterocycles. The molecule has 0 fully saturated rings. The van der Waals surface area contributed by atoms with Gasteiger partial charge in [-0.1, -0.05) is 59.5 Å². The summed E-state index contributed by atoms with van der Waals surface area (Å²) in [5.41, 5.74) is 3.25. The van der Waals surface area contributed by atoms with Gasteiger partial charge in [-0.2, -0.15) is 0 Å². The van der Waals surface area contributed by atoms with Crippen molar-refractivity contribution in [1.82, 2.24) is 0 Å². The number of aliphatic hydroxyl groups is 1. The standard InChI is InChI=1S/C13H19BrOSi/c1-16(2,3)10-4-5-13(15)11-6-8-12(14)9-7-11/h4,6-10,13,15H,5H2,1-3H3. The number of rotatable bonds is 4. The lowest BCUT2D eigenvalue weighted by Gasteiger charge is -2.11. The highest BCUT2D eigenvalue weighted by atomic mass is 79.9. The normalized spacial score (nSPS) is 14.3. The van der Waals surface area contributed by atoms with Crippen LogP contribution in [-0.4, -0.2) is 13.2 Å². The lowest BCUT2D eigenvalue weighted by atomic mass is 10.1. The Balaban J connectivity index is 2.56. The molecule has 88 valence electrons. The summed E-state index contributed by atoms with van der Waals surface area (Å²) in [6.45, 7) is 6.86. The van der Waals surface area contributed by atoms with Crippen molar-refractivity contribution in [2.45, 2.75) is 32.2 Å². The summed E-state index contributed by atoms with van der Waals surface area (Å²) < 4.78 is 1.04. The van der Waals surface area contributed by atoms with Gasteiger partial charge in [-0.05, 0) is 24.1 Å². The number of hydrogen-bond acceptors (Lipinski definition) is 1. The Hall–Kier alpha value is -0.383. The Morgan fingerprint density at radius 1 is 1.25 bits per heavy atom. The molecule has 0 spiro atoms. The third kappa shape index (κ3) is 5.10. The van der Waals surface area contributed by atoms with Crippen molar-refractivity contribution in [3.05, 3.63) is 46.1 Å². The number of hydrogen-bond donors (Lipinski definition) is 1. The van der Waals surface area contributed by atoms with E-state index in [-0.39, 0.29) is 6.10 Å². The molecule has 0 aliphatic rings. The monoisotopic (exact) mass is 298 g/mol. The molecule has 0 radical (unpaired) electrons. The van der Waals surface area contributed by atoms with E-state index in [4.69, 9.17) is 0 Å². The summed E-state index contributed by atoms with van der Waals surface area (Å²) in [6.07, 6.45) is 2.42. The summed E-state index contributed by atoms with van der Waals surface area (Å²) in [5, 5.41) is 9.96. The van der Waals surface area contributed by atoms with Crippen LogP contribution in [0.1, 0.15) is 18.1 Å². The fourth-order valence-corrected chi connectivity index (χ4v) is 2.48. The van der Waals surface area contributed by atoms with Crippen molar-refractivity contribution in [3.63, 3.8) is 0 Å². The second-order valence-electron chi connectivity index (χ2n) is 5.07. The van der Waals surface area contributed by atoms with Crippen LogP contribution < -0.4 is 0 Å². The van der Waals surface area contributed by atoms with Gasteiger partial charge in [0.15, 0.2) is 0 Å². The first-order chi connectivity index (χ1) is 7.38. The van der Waals surface area contributed by atoms with Crippen LogP contribution in [0.2, 0.25) is 19.6 Å². The molecule has 0 aliphatic heterocycles. The van der Waals surface area contributed by atoms with E-state index in [1.807, 2.05) is 24.3 Å². The van der Waals surface area contributed by atoms with E-state index >= 15 is 0 Å². The van der Waals surface area contributed by atoms with Crippen molar-refractivity contribution in [3.8, 4) is 0 Å². The van der Waals surface area contributed by atoms with E-state index in [0.29, 0.717) is 6.42 Å². The molecular weight excluding hydrogens is 280 g/mol. The number of benzene rings is 1. The summed E-state index contributed by atoms with van der Waals surface area (Å²) in [7, 11) is -1.13. The first-order valence-electron chi connectivity index (χ1n) is 5.50. The Morgan fingerprint density at radius 2 is 1.81 bits per heavy atom. The zero-order chi connectivity index (χ0) is 12.2. The van der Waals surface area contributed by atoms with Crippen LogP contribution in [0.4, 0.5) is 0 Å². The van der Waals surface area contributed by atoms with E-state index in [2.05, 4.69) is 47.3 Å². The smallest absolute Gasteiger partial charge is 0.0824 e. The van der Waals surface area contributed by atoms with E-state index < -0.39 is 8.07 Å². The largest absolute Gasteiger partial charge is 0.388 e. The maximum atomic E-state index is 9.96. The van der Waals surface area contributed by atoms with Crippen molar-refractivity contribution >= 4 is 24.0 Å². The SMILES string of the molecule is C[Si](C)(C)C=CCC(O)c1ccc(Br)cc1. The van der Waals surface area contributed by atoms with Crippen LogP contribution >= 0.6 is 15.9 Å². The topological polar surface area (TPSA) is 20.2 Å². The van der Waals surface area contributed by atoms with Gasteiger partial charge in [0.1, 0.15) is 0 Å². The van der Waals surface area contributed by atoms with Crippen LogP contribution in [0.25, 0.3) is 0 Å². The molecule has 0 aliphatic carbocycles. The maximum Gasteiger partial charge on any atom is 0.0824 e. The molecule has 1 atom stereocenters. The van der Waals surface area contributed by atoms with Gasteiger partial charge < -0.3 is 5.11 Å². The second kappa shape index (κ2) is 5.80. The van der Waals surface area contributed by atoms with Crippen LogP contribution in [0.3, 0.4) is 0 Å². The van der Waals surface area contributed by atoms with Crippen LogP contribution in [0.15, 0.2) is 40.5 Å². The Morgan fingerprint density at radius 3 is 2.31 bits per heavy atom. The average molecular weight is 299 g/mol. The van der Waals surface area contributed by atoms with E-state index in [1.54, 1.807) is 0 Å². The van der Waals surface area contributed by atoms with Crippen molar-refractivity contribution in [2.75, 3.05) is 0 Å². The maximum absolute atomic E-state index is 9.96. The highest BCUT2D eigenvalue weighted by Crippen LogP contribution is 2.20. The minimum atomic E-state index is -1.13. The van der Waals surface area contributed by atoms with Gasteiger partial charge in [0.25, 0.3) is 0 Å². The molecule has 1 nitrogen and oxygen atoms in total. The minimum absolute atomic E-state index is 0.388. The van der Waals surface area contributed by atoms with Crippen LogP contribution in [0.5, 0.6) is 0 Å². The molecule has 1 aromatic rings. The number of halogens is 1. The summed E-state index contributed by atoms with van der Waals surface area (Å²) in [4.78, 5) is 0. The molecule has 0 saturated heterocycles. The third-order valence-electron chi connectivity index (χ3n) is 2.23. The lowest BCUT2D eigenvalue weighted by Crippen LogP contribution is -2.15. The highest BCUT2D eigenvalue weighted by molar-refractivity contribution is 9.10. The predicted octanol–water partition coefficient (Wildman–Crippen LogP) is 4.31.